The molecule has 1 N–H and O–H groups in total. The first kappa shape index (κ1) is 19.3. The van der Waals surface area contributed by atoms with Crippen LogP contribution >= 0.6 is 0 Å². The second-order valence-corrected chi connectivity index (χ2v) is 8.88. The minimum Gasteiger partial charge on any atom is -0.496 e. The Morgan fingerprint density at radius 3 is 2.44 bits per heavy atom. The highest BCUT2D eigenvalue weighted by Gasteiger charge is 2.38. The number of anilines is 1. The third-order valence-electron chi connectivity index (χ3n) is 4.32. The van der Waals surface area contributed by atoms with Crippen LogP contribution in [0.4, 0.5) is 10.1 Å². The minimum atomic E-state index is -3.60. The van der Waals surface area contributed by atoms with Crippen molar-refractivity contribution in [2.75, 3.05) is 31.4 Å². The predicted octanol–water partition coefficient (Wildman–Crippen LogP) is 2.90. The van der Waals surface area contributed by atoms with E-state index in [1.807, 2.05) is 6.92 Å². The molecule has 0 spiro atoms. The molecule has 0 radical (unpaired) electrons. The molecule has 1 aliphatic heterocycles. The number of ether oxygens (including phenoxy) is 2. The van der Waals surface area contributed by atoms with E-state index in [1.165, 1.54) is 49.6 Å². The van der Waals surface area contributed by atoms with Crippen molar-refractivity contribution in [1.82, 2.24) is 0 Å². The lowest BCUT2D eigenvalue weighted by atomic mass is 9.92. The highest BCUT2D eigenvalue weighted by atomic mass is 32.2. The van der Waals surface area contributed by atoms with E-state index in [0.717, 1.165) is 0 Å². The van der Waals surface area contributed by atoms with Gasteiger partial charge in [-0.15, -0.1) is 0 Å². The summed E-state index contributed by atoms with van der Waals surface area (Å²) in [6.07, 6.45) is 0. The van der Waals surface area contributed by atoms with Gasteiger partial charge in [0.25, 0.3) is 5.91 Å². The second kappa shape index (κ2) is 7.28. The molecule has 0 atom stereocenters. The average molecular weight is 393 g/mol. The van der Waals surface area contributed by atoms with Crippen LogP contribution in [0.25, 0.3) is 0 Å². The Hall–Kier alpha value is -2.45. The first-order chi connectivity index (χ1) is 12.7. The van der Waals surface area contributed by atoms with Gasteiger partial charge >= 0.3 is 0 Å². The van der Waals surface area contributed by atoms with Crippen molar-refractivity contribution in [2.45, 2.75) is 11.8 Å². The normalized spacial score (nSPS) is 15.7. The van der Waals surface area contributed by atoms with Crippen molar-refractivity contribution < 1.29 is 27.1 Å². The molecular weight excluding hydrogens is 373 g/mol. The first-order valence-corrected chi connectivity index (χ1v) is 9.93. The summed E-state index contributed by atoms with van der Waals surface area (Å²) in [5.74, 6) is -0.793. The highest BCUT2D eigenvalue weighted by molar-refractivity contribution is 7.91. The number of benzene rings is 2. The third-order valence-corrected chi connectivity index (χ3v) is 6.37. The Morgan fingerprint density at radius 1 is 1.22 bits per heavy atom. The molecule has 1 amide bonds. The standard InChI is InChI=1S/C19H20FNO5S/c1-19(10-26-11-19)12-27(23,24)15-7-8-17(25-2)16(9-15)18(22)21-14-5-3-13(20)4-6-14/h3-9H,10-12H2,1-2H3,(H,21,22). The van der Waals surface area contributed by atoms with Gasteiger partial charge in [0.05, 0.1) is 36.5 Å². The van der Waals surface area contributed by atoms with Crippen LogP contribution in [0.1, 0.15) is 17.3 Å². The Labute approximate surface area is 157 Å². The van der Waals surface area contributed by atoms with Crippen LogP contribution in [0.15, 0.2) is 47.4 Å². The fraction of sp³-hybridized carbons (Fsp3) is 0.316. The molecule has 0 unspecified atom stereocenters. The maximum atomic E-state index is 13.0. The number of amides is 1. The fourth-order valence-corrected chi connectivity index (χ4v) is 4.69. The molecular formula is C19H20FNO5S. The third kappa shape index (κ3) is 4.28. The van der Waals surface area contributed by atoms with E-state index in [2.05, 4.69) is 5.32 Å². The van der Waals surface area contributed by atoms with Crippen LogP contribution in [0.5, 0.6) is 5.75 Å². The Morgan fingerprint density at radius 2 is 1.89 bits per heavy atom. The van der Waals surface area contributed by atoms with E-state index < -0.39 is 27.0 Å². The summed E-state index contributed by atoms with van der Waals surface area (Å²) >= 11 is 0. The summed E-state index contributed by atoms with van der Waals surface area (Å²) in [6.45, 7) is 2.63. The smallest absolute Gasteiger partial charge is 0.259 e. The minimum absolute atomic E-state index is 0.0423. The number of carbonyl (C=O) groups is 1. The van der Waals surface area contributed by atoms with Crippen molar-refractivity contribution in [1.29, 1.82) is 0 Å². The average Bonchev–Trinajstić information content (AvgIpc) is 2.61. The molecule has 0 aromatic heterocycles. The summed E-state index contributed by atoms with van der Waals surface area (Å²) in [4.78, 5) is 12.7. The second-order valence-electron chi connectivity index (χ2n) is 6.89. The number of carbonyl (C=O) groups excluding carboxylic acids is 1. The van der Waals surface area contributed by atoms with Crippen LogP contribution in [0.2, 0.25) is 0 Å². The summed E-state index contributed by atoms with van der Waals surface area (Å²) < 4.78 is 48.8. The van der Waals surface area contributed by atoms with E-state index in [1.54, 1.807) is 0 Å². The number of hydrogen-bond donors (Lipinski definition) is 1. The van der Waals surface area contributed by atoms with Gasteiger partial charge in [0.1, 0.15) is 11.6 Å². The van der Waals surface area contributed by atoms with Gasteiger partial charge in [-0.2, -0.15) is 0 Å². The molecule has 144 valence electrons. The fourth-order valence-electron chi connectivity index (χ4n) is 2.87. The van der Waals surface area contributed by atoms with Gasteiger partial charge in [-0.25, -0.2) is 12.8 Å². The maximum Gasteiger partial charge on any atom is 0.259 e. The largest absolute Gasteiger partial charge is 0.496 e. The SMILES string of the molecule is COc1ccc(S(=O)(=O)CC2(C)COC2)cc1C(=O)Nc1ccc(F)cc1. The van der Waals surface area contributed by atoms with Crippen molar-refractivity contribution in [3.05, 3.63) is 53.8 Å². The molecule has 1 heterocycles. The quantitative estimate of drug-likeness (QED) is 0.816. The van der Waals surface area contributed by atoms with Gasteiger partial charge in [0.15, 0.2) is 9.84 Å². The molecule has 0 bridgehead atoms. The molecule has 1 fully saturated rings. The lowest BCUT2D eigenvalue weighted by Crippen LogP contribution is -2.45. The molecule has 6 nitrogen and oxygen atoms in total. The predicted molar refractivity (Wildman–Crippen MR) is 98.3 cm³/mol. The molecule has 1 saturated heterocycles. The van der Waals surface area contributed by atoms with Crippen molar-refractivity contribution in [3.8, 4) is 5.75 Å². The van der Waals surface area contributed by atoms with Gasteiger partial charge in [-0.1, -0.05) is 6.92 Å². The molecule has 0 aliphatic carbocycles. The molecule has 1 aliphatic rings. The van der Waals surface area contributed by atoms with Crippen molar-refractivity contribution >= 4 is 21.4 Å². The number of rotatable bonds is 6. The monoisotopic (exact) mass is 393 g/mol. The van der Waals surface area contributed by atoms with Crippen LogP contribution in [0, 0.1) is 11.2 Å². The van der Waals surface area contributed by atoms with E-state index in [9.17, 15) is 17.6 Å². The van der Waals surface area contributed by atoms with Crippen LogP contribution in [0.3, 0.4) is 0 Å². The van der Waals surface area contributed by atoms with Crippen LogP contribution < -0.4 is 10.1 Å². The summed E-state index contributed by atoms with van der Waals surface area (Å²) in [6, 6.07) is 9.44. The number of halogens is 1. The topological polar surface area (TPSA) is 81.7 Å². The lowest BCUT2D eigenvalue weighted by molar-refractivity contribution is -0.0870. The summed E-state index contributed by atoms with van der Waals surface area (Å²) in [5.41, 5.74) is 0.0451. The molecule has 2 aromatic rings. The van der Waals surface area contributed by atoms with Crippen LogP contribution in [-0.2, 0) is 14.6 Å². The molecule has 8 heteroatoms. The number of hydrogen-bond acceptors (Lipinski definition) is 5. The zero-order valence-corrected chi connectivity index (χ0v) is 15.8. The van der Waals surface area contributed by atoms with Crippen molar-refractivity contribution in [2.24, 2.45) is 5.41 Å². The lowest BCUT2D eigenvalue weighted by Gasteiger charge is -2.37. The molecule has 0 saturated carbocycles. The van der Waals surface area contributed by atoms with Gasteiger partial charge in [0, 0.05) is 11.1 Å². The Balaban J connectivity index is 1.88. The summed E-state index contributed by atoms with van der Waals surface area (Å²) in [7, 11) is -2.21. The molecule has 27 heavy (non-hydrogen) atoms. The van der Waals surface area contributed by atoms with Gasteiger partial charge in [-0.3, -0.25) is 4.79 Å². The maximum absolute atomic E-state index is 13.0. The zero-order chi connectivity index (χ0) is 19.7. The van der Waals surface area contributed by atoms with Gasteiger partial charge in [0.2, 0.25) is 0 Å². The first-order valence-electron chi connectivity index (χ1n) is 8.28. The van der Waals surface area contributed by atoms with E-state index in [-0.39, 0.29) is 22.0 Å². The number of methoxy groups -OCH3 is 1. The summed E-state index contributed by atoms with van der Waals surface area (Å²) in [5, 5.41) is 2.61. The number of nitrogens with one attached hydrogen (secondary N) is 1. The molecule has 3 rings (SSSR count). The zero-order valence-electron chi connectivity index (χ0n) is 15.0. The molecule has 2 aromatic carbocycles. The van der Waals surface area contributed by atoms with Crippen molar-refractivity contribution in [3.63, 3.8) is 0 Å². The van der Waals surface area contributed by atoms with E-state index >= 15 is 0 Å². The Bertz CT molecular complexity index is 953. The van der Waals surface area contributed by atoms with Gasteiger partial charge in [-0.05, 0) is 42.5 Å². The van der Waals surface area contributed by atoms with E-state index in [0.29, 0.717) is 18.9 Å². The van der Waals surface area contributed by atoms with E-state index in [4.69, 9.17) is 9.47 Å². The number of sulfone groups is 1. The van der Waals surface area contributed by atoms with Crippen LogP contribution in [-0.4, -0.2) is 40.4 Å². The Kier molecular flexibility index (Phi) is 5.21. The van der Waals surface area contributed by atoms with Gasteiger partial charge < -0.3 is 14.8 Å². The highest BCUT2D eigenvalue weighted by Crippen LogP contribution is 2.32.